The molecule has 1 fully saturated rings. The highest BCUT2D eigenvalue weighted by Gasteiger charge is 2.70. The number of halogens is 6. The molecule has 1 aliphatic carbocycles. The number of ether oxygens (including phenoxy) is 1. The van der Waals surface area contributed by atoms with E-state index in [1.807, 2.05) is 26.0 Å². The van der Waals surface area contributed by atoms with E-state index in [9.17, 15) is 0 Å². The minimum atomic E-state index is -1.85. The highest BCUT2D eigenvalue weighted by Crippen LogP contribution is 2.64. The van der Waals surface area contributed by atoms with E-state index in [-0.39, 0.29) is 11.8 Å². The number of fused-ring (bicyclic) bond motifs is 2. The van der Waals surface area contributed by atoms with Crippen LogP contribution in [0.3, 0.4) is 0 Å². The summed E-state index contributed by atoms with van der Waals surface area (Å²) in [6.07, 6.45) is 4.71. The number of rotatable bonds is 0. The van der Waals surface area contributed by atoms with Gasteiger partial charge in [-0.25, -0.2) is 0 Å². The molecule has 0 saturated carbocycles. The molecule has 0 aromatic rings. The largest absolute Gasteiger partial charge is 0.359 e. The maximum absolute atomic E-state index is 6.09. The van der Waals surface area contributed by atoms with E-state index in [2.05, 4.69) is 0 Å². The second-order valence-corrected chi connectivity index (χ2v) is 9.83. The maximum Gasteiger partial charge on any atom is 0.223 e. The standard InChI is InChI=1S/C11H12Cl6O/c1-8(2)6-3-4-7(5-6)9(18-8,10(12,13)14)11(15,16)17/h3-4,6-7H,5H2,1-2H3. The number of hydrogen-bond donors (Lipinski definition) is 0. The van der Waals surface area contributed by atoms with Gasteiger partial charge in [-0.3, -0.25) is 0 Å². The Kier molecular flexibility index (Phi) is 3.93. The first kappa shape index (κ1) is 15.8. The highest BCUT2D eigenvalue weighted by molar-refractivity contribution is 6.73. The molecule has 7 heteroatoms. The lowest BCUT2D eigenvalue weighted by atomic mass is 9.78. The Hall–Kier alpha value is 1.44. The van der Waals surface area contributed by atoms with E-state index in [0.29, 0.717) is 0 Å². The molecule has 1 aliphatic heterocycles. The molecule has 104 valence electrons. The van der Waals surface area contributed by atoms with Gasteiger partial charge in [0.05, 0.1) is 5.60 Å². The Bertz CT molecular complexity index is 364. The van der Waals surface area contributed by atoms with Crippen LogP contribution in [0.2, 0.25) is 0 Å². The Morgan fingerprint density at radius 3 is 1.83 bits per heavy atom. The first-order valence-electron chi connectivity index (χ1n) is 5.44. The SMILES string of the molecule is CC1(C)OC(C(Cl)(Cl)Cl)(C(Cl)(Cl)Cl)C2C=CC1C2. The first-order chi connectivity index (χ1) is 7.92. The quantitative estimate of drug-likeness (QED) is 0.405. The Morgan fingerprint density at radius 2 is 1.39 bits per heavy atom. The molecule has 2 unspecified atom stereocenters. The van der Waals surface area contributed by atoms with Crippen LogP contribution in [0.5, 0.6) is 0 Å². The van der Waals surface area contributed by atoms with Crippen LogP contribution >= 0.6 is 69.6 Å². The monoisotopic (exact) mass is 370 g/mol. The van der Waals surface area contributed by atoms with Crippen LogP contribution < -0.4 is 0 Å². The van der Waals surface area contributed by atoms with Crippen molar-refractivity contribution in [2.75, 3.05) is 0 Å². The highest BCUT2D eigenvalue weighted by atomic mass is 35.6. The zero-order valence-corrected chi connectivity index (χ0v) is 14.2. The normalized spacial score (nSPS) is 33.8. The summed E-state index contributed by atoms with van der Waals surface area (Å²) in [5.74, 6) is -0.00847. The Morgan fingerprint density at radius 1 is 0.944 bits per heavy atom. The van der Waals surface area contributed by atoms with Crippen LogP contribution in [-0.2, 0) is 4.74 Å². The average molecular weight is 373 g/mol. The molecule has 0 radical (unpaired) electrons. The molecule has 0 N–H and O–H groups in total. The van der Waals surface area contributed by atoms with Crippen molar-refractivity contribution >= 4 is 69.6 Å². The fourth-order valence-corrected chi connectivity index (χ4v) is 5.14. The lowest BCUT2D eigenvalue weighted by molar-refractivity contribution is -0.201. The van der Waals surface area contributed by atoms with Crippen molar-refractivity contribution < 1.29 is 4.74 Å². The van der Waals surface area contributed by atoms with Gasteiger partial charge in [-0.1, -0.05) is 81.8 Å². The fourth-order valence-electron chi connectivity index (χ4n) is 2.78. The van der Waals surface area contributed by atoms with Gasteiger partial charge < -0.3 is 4.74 Å². The van der Waals surface area contributed by atoms with Crippen LogP contribution in [0.25, 0.3) is 0 Å². The van der Waals surface area contributed by atoms with Crippen LogP contribution in [0, 0.1) is 11.8 Å². The summed E-state index contributed by atoms with van der Waals surface area (Å²) in [6, 6.07) is 0. The summed E-state index contributed by atoms with van der Waals surface area (Å²) in [4.78, 5) is 0. The van der Waals surface area contributed by atoms with Gasteiger partial charge in [0.1, 0.15) is 0 Å². The lowest BCUT2D eigenvalue weighted by Crippen LogP contribution is -2.66. The fraction of sp³-hybridized carbons (Fsp3) is 0.818. The van der Waals surface area contributed by atoms with Gasteiger partial charge in [0.25, 0.3) is 0 Å². The molecule has 0 amide bonds. The third-order valence-corrected chi connectivity index (χ3v) is 5.45. The predicted octanol–water partition coefficient (Wildman–Crippen LogP) is 5.47. The lowest BCUT2D eigenvalue weighted by Gasteiger charge is -2.55. The summed E-state index contributed by atoms with van der Waals surface area (Å²) in [5, 5.41) is 0. The average Bonchev–Trinajstić information content (AvgIpc) is 2.55. The van der Waals surface area contributed by atoms with Gasteiger partial charge in [-0.2, -0.15) is 0 Å². The van der Waals surface area contributed by atoms with E-state index < -0.39 is 18.8 Å². The minimum Gasteiger partial charge on any atom is -0.359 e. The number of hydrogen-bond acceptors (Lipinski definition) is 1. The summed E-state index contributed by atoms with van der Waals surface area (Å²) in [6.45, 7) is 3.82. The van der Waals surface area contributed by atoms with Gasteiger partial charge >= 0.3 is 0 Å². The van der Waals surface area contributed by atoms with Crippen LogP contribution in [-0.4, -0.2) is 18.8 Å². The smallest absolute Gasteiger partial charge is 0.223 e. The zero-order valence-electron chi connectivity index (χ0n) is 9.69. The molecule has 0 aromatic carbocycles. The van der Waals surface area contributed by atoms with Crippen molar-refractivity contribution in [2.24, 2.45) is 11.8 Å². The summed E-state index contributed by atoms with van der Waals surface area (Å²) < 4.78 is 2.33. The first-order valence-corrected chi connectivity index (χ1v) is 7.70. The van der Waals surface area contributed by atoms with Crippen molar-refractivity contribution in [1.29, 1.82) is 0 Å². The zero-order chi connectivity index (χ0) is 14.0. The van der Waals surface area contributed by atoms with Gasteiger partial charge in [0, 0.05) is 11.8 Å². The Balaban J connectivity index is 2.58. The summed E-state index contributed by atoms with van der Waals surface area (Å²) in [5.41, 5.74) is -2.06. The maximum atomic E-state index is 6.09. The topological polar surface area (TPSA) is 9.23 Å². The van der Waals surface area contributed by atoms with Crippen molar-refractivity contribution in [1.82, 2.24) is 0 Å². The van der Waals surface area contributed by atoms with E-state index in [0.717, 1.165) is 6.42 Å². The molecule has 2 aliphatic rings. The molecular formula is C11H12Cl6O. The van der Waals surface area contributed by atoms with Gasteiger partial charge in [-0.15, -0.1) is 0 Å². The molecule has 0 spiro atoms. The van der Waals surface area contributed by atoms with Crippen molar-refractivity contribution in [3.63, 3.8) is 0 Å². The predicted molar refractivity (Wildman–Crippen MR) is 79.2 cm³/mol. The summed E-state index contributed by atoms with van der Waals surface area (Å²) >= 11 is 36.5. The van der Waals surface area contributed by atoms with Gasteiger partial charge in [0.15, 0.2) is 5.60 Å². The van der Waals surface area contributed by atoms with E-state index in [1.54, 1.807) is 0 Å². The minimum absolute atomic E-state index is 0.232. The van der Waals surface area contributed by atoms with Crippen molar-refractivity contribution in [3.05, 3.63) is 12.2 Å². The van der Waals surface area contributed by atoms with Crippen LogP contribution in [0.4, 0.5) is 0 Å². The molecule has 2 bridgehead atoms. The molecule has 1 heterocycles. The van der Waals surface area contributed by atoms with Gasteiger partial charge in [-0.05, 0) is 20.3 Å². The second-order valence-electron chi connectivity index (χ2n) is 5.27. The van der Waals surface area contributed by atoms with Crippen LogP contribution in [0.1, 0.15) is 20.3 Å². The third kappa shape index (κ3) is 2.19. The molecule has 2 rings (SSSR count). The van der Waals surface area contributed by atoms with Gasteiger partial charge in [0.2, 0.25) is 7.59 Å². The Labute approximate surface area is 137 Å². The molecule has 18 heavy (non-hydrogen) atoms. The molecule has 0 aromatic heterocycles. The van der Waals surface area contributed by atoms with Crippen molar-refractivity contribution in [2.45, 2.75) is 39.1 Å². The summed E-state index contributed by atoms with van der Waals surface area (Å²) in [7, 11) is 0. The number of alkyl halides is 6. The molecule has 2 atom stereocenters. The third-order valence-electron chi connectivity index (χ3n) is 3.77. The van der Waals surface area contributed by atoms with Crippen LogP contribution in [0.15, 0.2) is 12.2 Å². The molecular weight excluding hydrogens is 361 g/mol. The van der Waals surface area contributed by atoms with E-state index in [1.165, 1.54) is 0 Å². The van der Waals surface area contributed by atoms with E-state index >= 15 is 0 Å². The molecule has 1 nitrogen and oxygen atoms in total. The van der Waals surface area contributed by atoms with Crippen molar-refractivity contribution in [3.8, 4) is 0 Å². The van der Waals surface area contributed by atoms with E-state index in [4.69, 9.17) is 74.3 Å². The second kappa shape index (κ2) is 4.47. The molecule has 1 saturated heterocycles.